The van der Waals surface area contributed by atoms with Crippen LogP contribution in [0.4, 0.5) is 13.2 Å². The molecule has 6 nitrogen and oxygen atoms in total. The van der Waals surface area contributed by atoms with E-state index in [9.17, 15) is 21.6 Å². The van der Waals surface area contributed by atoms with Crippen molar-refractivity contribution in [3.63, 3.8) is 0 Å². The summed E-state index contributed by atoms with van der Waals surface area (Å²) in [5.41, 5.74) is 0.488. The van der Waals surface area contributed by atoms with Gasteiger partial charge in [0.1, 0.15) is 11.5 Å². The summed E-state index contributed by atoms with van der Waals surface area (Å²) in [4.78, 5) is 4.30. The lowest BCUT2D eigenvalue weighted by molar-refractivity contribution is -0.137. The van der Waals surface area contributed by atoms with Crippen molar-refractivity contribution in [1.29, 1.82) is 0 Å². The Bertz CT molecular complexity index is 1310. The molecule has 2 heterocycles. The van der Waals surface area contributed by atoms with E-state index < -0.39 is 21.6 Å². The third kappa shape index (κ3) is 4.53. The van der Waals surface area contributed by atoms with Crippen LogP contribution < -0.4 is 0 Å². The fourth-order valence-corrected chi connectivity index (χ4v) is 4.08. The highest BCUT2D eigenvalue weighted by molar-refractivity contribution is 7.90. The second kappa shape index (κ2) is 7.69. The Morgan fingerprint density at radius 3 is 2.26 bits per heavy atom. The maximum Gasteiger partial charge on any atom is 0.416 e. The van der Waals surface area contributed by atoms with E-state index in [1.54, 1.807) is 12.1 Å². The molecule has 0 saturated carbocycles. The number of benzene rings is 2. The molecule has 2 aromatic carbocycles. The van der Waals surface area contributed by atoms with E-state index in [0.717, 1.165) is 17.7 Å². The molecule has 0 atom stereocenters. The molecular weight excluding hydrogens is 433 g/mol. The monoisotopic (exact) mass is 448 g/mol. The van der Waals surface area contributed by atoms with Gasteiger partial charge in [-0.05, 0) is 43.3 Å². The van der Waals surface area contributed by atoms with Crippen molar-refractivity contribution in [1.82, 2.24) is 10.1 Å². The number of aromatic nitrogens is 2. The number of alkyl halides is 3. The average Bonchev–Trinajstić information content (AvgIpc) is 3.37. The van der Waals surface area contributed by atoms with Crippen molar-refractivity contribution < 1.29 is 30.5 Å². The van der Waals surface area contributed by atoms with E-state index >= 15 is 0 Å². The molecule has 4 aromatic rings. The molecule has 0 unspecified atom stereocenters. The van der Waals surface area contributed by atoms with Crippen molar-refractivity contribution in [3.8, 4) is 23.0 Å². The smallest absolute Gasteiger partial charge is 0.416 e. The van der Waals surface area contributed by atoms with Crippen molar-refractivity contribution in [2.45, 2.75) is 23.7 Å². The van der Waals surface area contributed by atoms with Crippen LogP contribution in [0.25, 0.3) is 23.0 Å². The lowest BCUT2D eigenvalue weighted by Crippen LogP contribution is -2.04. The Kier molecular flexibility index (Phi) is 5.18. The van der Waals surface area contributed by atoms with Crippen molar-refractivity contribution >= 4 is 9.84 Å². The molecule has 0 saturated heterocycles. The number of hydrogen-bond acceptors (Lipinski definition) is 6. The molecule has 0 amide bonds. The maximum absolute atomic E-state index is 12.7. The molecule has 2 aromatic heterocycles. The Morgan fingerprint density at radius 1 is 0.935 bits per heavy atom. The van der Waals surface area contributed by atoms with Gasteiger partial charge in [0.05, 0.1) is 10.5 Å². The number of halogens is 3. The minimum Gasteiger partial charge on any atom is -0.455 e. The first-order valence-electron chi connectivity index (χ1n) is 9.02. The van der Waals surface area contributed by atoms with Crippen molar-refractivity contribution in [2.75, 3.05) is 0 Å². The van der Waals surface area contributed by atoms with E-state index in [4.69, 9.17) is 8.94 Å². The molecule has 0 fully saturated rings. The van der Waals surface area contributed by atoms with Gasteiger partial charge in [0.2, 0.25) is 5.82 Å². The predicted molar refractivity (Wildman–Crippen MR) is 105 cm³/mol. The largest absolute Gasteiger partial charge is 0.455 e. The Balaban J connectivity index is 1.52. The quantitative estimate of drug-likeness (QED) is 0.412. The highest BCUT2D eigenvalue weighted by Gasteiger charge is 2.30. The summed E-state index contributed by atoms with van der Waals surface area (Å²) < 4.78 is 73.8. The van der Waals surface area contributed by atoms with Gasteiger partial charge in [-0.2, -0.15) is 18.2 Å². The fraction of sp³-hybridized carbons (Fsp3) is 0.143. The SMILES string of the molecule is Cc1ccc(S(=O)(=O)Cc2ccc(-c3nc(-c4ccc(C(F)(F)F)cc4)no3)o2)cc1. The average molecular weight is 448 g/mol. The molecule has 0 radical (unpaired) electrons. The molecule has 0 spiro atoms. The number of sulfone groups is 1. The number of rotatable bonds is 5. The zero-order chi connectivity index (χ0) is 22.2. The first-order chi connectivity index (χ1) is 14.6. The van der Waals surface area contributed by atoms with Gasteiger partial charge in [0, 0.05) is 5.56 Å². The molecule has 31 heavy (non-hydrogen) atoms. The minimum atomic E-state index is -4.44. The Morgan fingerprint density at radius 2 is 1.61 bits per heavy atom. The van der Waals surface area contributed by atoms with Crippen molar-refractivity contribution in [3.05, 3.63) is 77.6 Å². The van der Waals surface area contributed by atoms with Crippen LogP contribution in [0.5, 0.6) is 0 Å². The summed E-state index contributed by atoms with van der Waals surface area (Å²) in [6.45, 7) is 1.86. The van der Waals surface area contributed by atoms with E-state index in [1.165, 1.54) is 36.4 Å². The number of nitrogens with zero attached hydrogens (tertiary/aromatic N) is 2. The number of furan rings is 1. The van der Waals surface area contributed by atoms with Gasteiger partial charge in [-0.15, -0.1) is 0 Å². The summed E-state index contributed by atoms with van der Waals surface area (Å²) in [5.74, 6) is 0.0446. The lowest BCUT2D eigenvalue weighted by atomic mass is 10.1. The van der Waals surface area contributed by atoms with Gasteiger partial charge in [0.15, 0.2) is 15.6 Å². The Labute approximate surface area is 175 Å². The minimum absolute atomic E-state index is 0.0196. The first kappa shape index (κ1) is 20.9. The number of aryl methyl sites for hydroxylation is 1. The lowest BCUT2D eigenvalue weighted by Gasteiger charge is -2.05. The van der Waals surface area contributed by atoms with Gasteiger partial charge in [-0.1, -0.05) is 35.0 Å². The third-order valence-corrected chi connectivity index (χ3v) is 6.14. The molecule has 0 bridgehead atoms. The van der Waals surface area contributed by atoms with E-state index in [0.29, 0.717) is 5.56 Å². The molecule has 4 rings (SSSR count). The highest BCUT2D eigenvalue weighted by Crippen LogP contribution is 2.31. The molecule has 0 aliphatic rings. The van der Waals surface area contributed by atoms with Gasteiger partial charge < -0.3 is 8.94 Å². The normalized spacial score (nSPS) is 12.3. The van der Waals surface area contributed by atoms with E-state index in [-0.39, 0.29) is 33.9 Å². The van der Waals surface area contributed by atoms with Crippen LogP contribution in [-0.4, -0.2) is 18.6 Å². The zero-order valence-corrected chi connectivity index (χ0v) is 16.9. The van der Waals surface area contributed by atoms with Crippen LogP contribution in [0.2, 0.25) is 0 Å². The van der Waals surface area contributed by atoms with Crippen LogP contribution >= 0.6 is 0 Å². The predicted octanol–water partition coefficient (Wildman–Crippen LogP) is 5.30. The summed E-state index contributed by atoms with van der Waals surface area (Å²) >= 11 is 0. The Hall–Kier alpha value is -3.40. The van der Waals surface area contributed by atoms with Gasteiger partial charge in [-0.25, -0.2) is 8.42 Å². The molecule has 160 valence electrons. The molecule has 0 aliphatic carbocycles. The first-order valence-corrected chi connectivity index (χ1v) is 10.7. The van der Waals surface area contributed by atoms with E-state index in [1.807, 2.05) is 6.92 Å². The van der Waals surface area contributed by atoms with Crippen LogP contribution in [0, 0.1) is 6.92 Å². The standard InChI is InChI=1S/C21H15F3N2O4S/c1-13-2-9-17(10-3-13)31(27,28)12-16-8-11-18(29-16)20-25-19(26-30-20)14-4-6-15(7-5-14)21(22,23)24/h2-11H,12H2,1H3. The maximum atomic E-state index is 12.7. The van der Waals surface area contributed by atoms with Gasteiger partial charge >= 0.3 is 6.18 Å². The molecule has 0 N–H and O–H groups in total. The van der Waals surface area contributed by atoms with Crippen LogP contribution in [0.15, 0.2) is 74.5 Å². The molecule has 0 aliphatic heterocycles. The van der Waals surface area contributed by atoms with Gasteiger partial charge in [0.25, 0.3) is 5.89 Å². The molecule has 10 heteroatoms. The topological polar surface area (TPSA) is 86.2 Å². The highest BCUT2D eigenvalue weighted by atomic mass is 32.2. The third-order valence-electron chi connectivity index (χ3n) is 4.48. The summed E-state index contributed by atoms with van der Waals surface area (Å²) in [6, 6.07) is 13.8. The van der Waals surface area contributed by atoms with Gasteiger partial charge in [-0.3, -0.25) is 0 Å². The second-order valence-electron chi connectivity index (χ2n) is 6.84. The summed E-state index contributed by atoms with van der Waals surface area (Å²) in [6.07, 6.45) is -4.44. The van der Waals surface area contributed by atoms with Crippen LogP contribution in [0.1, 0.15) is 16.9 Å². The van der Waals surface area contributed by atoms with Crippen LogP contribution in [0.3, 0.4) is 0 Å². The fourth-order valence-electron chi connectivity index (χ4n) is 2.84. The zero-order valence-electron chi connectivity index (χ0n) is 16.1. The number of hydrogen-bond donors (Lipinski definition) is 0. The van der Waals surface area contributed by atoms with Crippen molar-refractivity contribution in [2.24, 2.45) is 0 Å². The molecular formula is C21H15F3N2O4S. The summed E-state index contributed by atoms with van der Waals surface area (Å²) in [5, 5.41) is 3.75. The summed E-state index contributed by atoms with van der Waals surface area (Å²) in [7, 11) is -3.61. The second-order valence-corrected chi connectivity index (χ2v) is 8.83. The van der Waals surface area contributed by atoms with Crippen LogP contribution in [-0.2, 0) is 21.8 Å². The van der Waals surface area contributed by atoms with E-state index in [2.05, 4.69) is 10.1 Å².